The zero-order valence-electron chi connectivity index (χ0n) is 14.9. The Hall–Kier alpha value is -3.51. The highest BCUT2D eigenvalue weighted by molar-refractivity contribution is 7.99. The fourth-order valence-corrected chi connectivity index (χ4v) is 3.06. The van der Waals surface area contributed by atoms with E-state index in [1.54, 1.807) is 43.5 Å². The maximum absolute atomic E-state index is 12.2. The monoisotopic (exact) mass is 396 g/mol. The SMILES string of the molecule is COc1ccc(-c2nc(SCC(=O)NCc3ccco3)[nH]c(=O)c2C#N)cc1. The maximum Gasteiger partial charge on any atom is 0.270 e. The van der Waals surface area contributed by atoms with Crippen molar-refractivity contribution in [2.24, 2.45) is 0 Å². The van der Waals surface area contributed by atoms with Crippen LogP contribution >= 0.6 is 11.8 Å². The first kappa shape index (κ1) is 19.3. The number of nitrogens with one attached hydrogen (secondary N) is 2. The number of furan rings is 1. The Labute approximate surface area is 164 Å². The first-order valence-corrected chi connectivity index (χ1v) is 9.20. The number of carbonyl (C=O) groups is 1. The summed E-state index contributed by atoms with van der Waals surface area (Å²) < 4.78 is 10.3. The van der Waals surface area contributed by atoms with Crippen LogP contribution in [0.3, 0.4) is 0 Å². The van der Waals surface area contributed by atoms with E-state index in [1.807, 2.05) is 6.07 Å². The molecule has 3 aromatic rings. The lowest BCUT2D eigenvalue weighted by atomic mass is 10.1. The normalized spacial score (nSPS) is 10.3. The van der Waals surface area contributed by atoms with Crippen LogP contribution < -0.4 is 15.6 Å². The van der Waals surface area contributed by atoms with E-state index in [1.165, 1.54) is 6.26 Å². The van der Waals surface area contributed by atoms with Crippen molar-refractivity contribution in [2.45, 2.75) is 11.7 Å². The molecule has 9 heteroatoms. The Bertz CT molecular complexity index is 1050. The van der Waals surface area contributed by atoms with E-state index in [2.05, 4.69) is 15.3 Å². The summed E-state index contributed by atoms with van der Waals surface area (Å²) in [5.41, 5.74) is 0.221. The van der Waals surface area contributed by atoms with Gasteiger partial charge in [0.1, 0.15) is 23.1 Å². The third-order valence-corrected chi connectivity index (χ3v) is 4.63. The van der Waals surface area contributed by atoms with Gasteiger partial charge < -0.3 is 19.5 Å². The summed E-state index contributed by atoms with van der Waals surface area (Å²) in [6.45, 7) is 0.279. The van der Waals surface area contributed by atoms with Crippen molar-refractivity contribution in [1.82, 2.24) is 15.3 Å². The zero-order valence-corrected chi connectivity index (χ0v) is 15.7. The van der Waals surface area contributed by atoms with Gasteiger partial charge in [-0.3, -0.25) is 9.59 Å². The van der Waals surface area contributed by atoms with E-state index < -0.39 is 5.56 Å². The molecule has 0 bridgehead atoms. The lowest BCUT2D eigenvalue weighted by Gasteiger charge is -2.07. The molecule has 1 amide bonds. The van der Waals surface area contributed by atoms with Crippen molar-refractivity contribution in [1.29, 1.82) is 5.26 Å². The topological polar surface area (TPSA) is 121 Å². The molecule has 0 spiro atoms. The molecule has 2 N–H and O–H groups in total. The third-order valence-electron chi connectivity index (χ3n) is 3.75. The smallest absolute Gasteiger partial charge is 0.270 e. The molecular formula is C19H16N4O4S. The van der Waals surface area contributed by atoms with Gasteiger partial charge in [-0.15, -0.1) is 0 Å². The molecule has 3 rings (SSSR count). The number of carbonyl (C=O) groups excluding carboxylic acids is 1. The molecule has 2 heterocycles. The van der Waals surface area contributed by atoms with Gasteiger partial charge in [-0.25, -0.2) is 4.98 Å². The molecule has 0 radical (unpaired) electrons. The number of benzene rings is 1. The van der Waals surface area contributed by atoms with Crippen LogP contribution in [0.15, 0.2) is 57.0 Å². The lowest BCUT2D eigenvalue weighted by Crippen LogP contribution is -2.24. The van der Waals surface area contributed by atoms with Crippen LogP contribution in [0, 0.1) is 11.3 Å². The second-order valence-electron chi connectivity index (χ2n) is 5.58. The van der Waals surface area contributed by atoms with Crippen LogP contribution in [0.1, 0.15) is 11.3 Å². The molecular weight excluding hydrogens is 380 g/mol. The van der Waals surface area contributed by atoms with Crippen molar-refractivity contribution < 1.29 is 13.9 Å². The molecule has 1 aromatic carbocycles. The Morgan fingerprint density at radius 2 is 2.14 bits per heavy atom. The fraction of sp³-hybridized carbons (Fsp3) is 0.158. The molecule has 0 unspecified atom stereocenters. The van der Waals surface area contributed by atoms with Crippen molar-refractivity contribution in [3.05, 3.63) is 64.3 Å². The number of ether oxygens (including phenoxy) is 1. The molecule has 0 aliphatic carbocycles. The first-order valence-electron chi connectivity index (χ1n) is 8.21. The van der Waals surface area contributed by atoms with Gasteiger partial charge in [-0.2, -0.15) is 5.26 Å². The van der Waals surface area contributed by atoms with Crippen LogP contribution in [0.25, 0.3) is 11.3 Å². The Morgan fingerprint density at radius 3 is 2.79 bits per heavy atom. The van der Waals surface area contributed by atoms with Crippen LogP contribution in [-0.4, -0.2) is 28.7 Å². The summed E-state index contributed by atoms with van der Waals surface area (Å²) in [7, 11) is 1.55. The molecule has 8 nitrogen and oxygen atoms in total. The average Bonchev–Trinajstić information content (AvgIpc) is 3.24. The minimum atomic E-state index is -0.554. The number of nitriles is 1. The fourth-order valence-electron chi connectivity index (χ4n) is 2.37. The average molecular weight is 396 g/mol. The van der Waals surface area contributed by atoms with Gasteiger partial charge in [0.2, 0.25) is 5.91 Å². The molecule has 28 heavy (non-hydrogen) atoms. The largest absolute Gasteiger partial charge is 0.497 e. The molecule has 0 aliphatic rings. The number of hydrogen-bond donors (Lipinski definition) is 2. The van der Waals surface area contributed by atoms with Crippen LogP contribution in [0.5, 0.6) is 5.75 Å². The summed E-state index contributed by atoms with van der Waals surface area (Å²) in [4.78, 5) is 31.1. The standard InChI is InChI=1S/C19H16N4O4S/c1-26-13-6-4-12(5-7-13)17-15(9-20)18(25)23-19(22-17)28-11-16(24)21-10-14-3-2-8-27-14/h2-8H,10-11H2,1H3,(H,21,24)(H,22,23,25). The molecule has 2 aromatic heterocycles. The molecule has 0 saturated carbocycles. The van der Waals surface area contributed by atoms with Gasteiger partial charge in [0.15, 0.2) is 5.16 Å². The van der Waals surface area contributed by atoms with Gasteiger partial charge >= 0.3 is 0 Å². The van der Waals surface area contributed by atoms with E-state index >= 15 is 0 Å². The molecule has 142 valence electrons. The minimum Gasteiger partial charge on any atom is -0.497 e. The molecule has 0 atom stereocenters. The number of thioether (sulfide) groups is 1. The van der Waals surface area contributed by atoms with Crippen LogP contribution in [0.2, 0.25) is 0 Å². The van der Waals surface area contributed by atoms with Crippen molar-refractivity contribution in [3.63, 3.8) is 0 Å². The van der Waals surface area contributed by atoms with Crippen LogP contribution in [-0.2, 0) is 11.3 Å². The van der Waals surface area contributed by atoms with E-state index in [9.17, 15) is 14.9 Å². The van der Waals surface area contributed by atoms with Crippen LogP contribution in [0.4, 0.5) is 0 Å². The number of amides is 1. The van der Waals surface area contributed by atoms with Gasteiger partial charge in [0.05, 0.1) is 31.4 Å². The maximum atomic E-state index is 12.2. The number of aromatic nitrogens is 2. The molecule has 0 fully saturated rings. The summed E-state index contributed by atoms with van der Waals surface area (Å²) in [5.74, 6) is 1.11. The Balaban J connectivity index is 1.74. The second kappa shape index (κ2) is 8.92. The zero-order chi connectivity index (χ0) is 19.9. The first-order chi connectivity index (χ1) is 13.6. The lowest BCUT2D eigenvalue weighted by molar-refractivity contribution is -0.118. The number of H-pyrrole nitrogens is 1. The number of nitrogens with zero attached hydrogens (tertiary/aromatic N) is 2. The third kappa shape index (κ3) is 4.61. The second-order valence-corrected chi connectivity index (χ2v) is 6.54. The number of rotatable bonds is 7. The number of methoxy groups -OCH3 is 1. The van der Waals surface area contributed by atoms with Crippen molar-refractivity contribution >= 4 is 17.7 Å². The Morgan fingerprint density at radius 1 is 1.36 bits per heavy atom. The van der Waals surface area contributed by atoms with E-state index in [0.29, 0.717) is 17.1 Å². The summed E-state index contributed by atoms with van der Waals surface area (Å²) in [6, 6.07) is 12.2. The highest BCUT2D eigenvalue weighted by atomic mass is 32.2. The summed E-state index contributed by atoms with van der Waals surface area (Å²) in [6.07, 6.45) is 1.53. The predicted molar refractivity (Wildman–Crippen MR) is 103 cm³/mol. The van der Waals surface area contributed by atoms with E-state index in [0.717, 1.165) is 11.8 Å². The van der Waals surface area contributed by atoms with Crippen molar-refractivity contribution in [2.75, 3.05) is 12.9 Å². The van der Waals surface area contributed by atoms with E-state index in [-0.39, 0.29) is 34.6 Å². The highest BCUT2D eigenvalue weighted by Crippen LogP contribution is 2.24. The minimum absolute atomic E-state index is 0.0532. The van der Waals surface area contributed by atoms with E-state index in [4.69, 9.17) is 9.15 Å². The van der Waals surface area contributed by atoms with Gasteiger partial charge in [0.25, 0.3) is 5.56 Å². The molecule has 0 saturated heterocycles. The highest BCUT2D eigenvalue weighted by Gasteiger charge is 2.15. The Kier molecular flexibility index (Phi) is 6.14. The summed E-state index contributed by atoms with van der Waals surface area (Å²) in [5, 5.41) is 12.3. The molecule has 0 aliphatic heterocycles. The number of hydrogen-bond acceptors (Lipinski definition) is 7. The van der Waals surface area contributed by atoms with Gasteiger partial charge in [0, 0.05) is 5.56 Å². The quantitative estimate of drug-likeness (QED) is 0.464. The van der Waals surface area contributed by atoms with Gasteiger partial charge in [-0.1, -0.05) is 11.8 Å². The predicted octanol–water partition coefficient (Wildman–Crippen LogP) is 2.32. The van der Waals surface area contributed by atoms with Gasteiger partial charge in [-0.05, 0) is 36.4 Å². The van der Waals surface area contributed by atoms with Crippen molar-refractivity contribution in [3.8, 4) is 23.1 Å². The number of aromatic amines is 1. The summed E-state index contributed by atoms with van der Waals surface area (Å²) >= 11 is 1.07.